The number of ether oxygens (including phenoxy) is 2. The van der Waals surface area contributed by atoms with Crippen molar-refractivity contribution in [3.63, 3.8) is 0 Å². The van der Waals surface area contributed by atoms with E-state index in [1.807, 2.05) is 6.07 Å². The maximum absolute atomic E-state index is 13.9. The van der Waals surface area contributed by atoms with Crippen molar-refractivity contribution in [1.82, 2.24) is 9.80 Å². The van der Waals surface area contributed by atoms with E-state index in [2.05, 4.69) is 4.90 Å². The molecule has 0 unspecified atom stereocenters. The Morgan fingerprint density at radius 3 is 2.61 bits per heavy atom. The van der Waals surface area contributed by atoms with E-state index >= 15 is 0 Å². The van der Waals surface area contributed by atoms with Crippen molar-refractivity contribution in [3.05, 3.63) is 58.4 Å². The van der Waals surface area contributed by atoms with Gasteiger partial charge in [-0.15, -0.1) is 0 Å². The Balaban J connectivity index is 1.69. The molecule has 28 heavy (non-hydrogen) atoms. The topological polar surface area (TPSA) is 42.0 Å². The molecule has 5 nitrogen and oxygen atoms in total. The molecule has 0 N–H and O–H groups in total. The highest BCUT2D eigenvalue weighted by atomic mass is 35.5. The summed E-state index contributed by atoms with van der Waals surface area (Å²) in [7, 11) is 3.01. The molecule has 0 atom stereocenters. The molecule has 0 aliphatic carbocycles. The molecule has 3 rings (SSSR count). The third kappa shape index (κ3) is 4.56. The molecule has 0 spiro atoms. The Kier molecular flexibility index (Phi) is 6.75. The van der Waals surface area contributed by atoms with Crippen LogP contribution >= 0.6 is 11.6 Å². The van der Waals surface area contributed by atoms with Crippen molar-refractivity contribution in [2.24, 2.45) is 0 Å². The summed E-state index contributed by atoms with van der Waals surface area (Å²) in [5, 5.41) is 0.334. The largest absolute Gasteiger partial charge is 0.493 e. The fourth-order valence-corrected chi connectivity index (χ4v) is 3.71. The highest BCUT2D eigenvalue weighted by Gasteiger charge is 2.23. The van der Waals surface area contributed by atoms with Crippen molar-refractivity contribution in [3.8, 4) is 11.5 Å². The smallest absolute Gasteiger partial charge is 0.254 e. The molecule has 1 aliphatic rings. The van der Waals surface area contributed by atoms with Crippen LogP contribution in [0.15, 0.2) is 36.4 Å². The molecule has 1 fully saturated rings. The van der Waals surface area contributed by atoms with Gasteiger partial charge in [-0.1, -0.05) is 29.8 Å². The van der Waals surface area contributed by atoms with Gasteiger partial charge in [-0.05, 0) is 24.6 Å². The Hall–Kier alpha value is -2.31. The lowest BCUT2D eigenvalue weighted by Gasteiger charge is -2.23. The number of carbonyl (C=O) groups is 1. The van der Waals surface area contributed by atoms with Gasteiger partial charge in [-0.2, -0.15) is 0 Å². The molecule has 2 aromatic rings. The van der Waals surface area contributed by atoms with Crippen LogP contribution in [0.3, 0.4) is 0 Å². The quantitative estimate of drug-likeness (QED) is 0.756. The summed E-state index contributed by atoms with van der Waals surface area (Å²) in [5.74, 6) is 0.539. The van der Waals surface area contributed by atoms with Crippen LogP contribution in [0.2, 0.25) is 5.02 Å². The van der Waals surface area contributed by atoms with E-state index in [-0.39, 0.29) is 11.7 Å². The molecule has 0 aromatic heterocycles. The van der Waals surface area contributed by atoms with E-state index < -0.39 is 0 Å². The summed E-state index contributed by atoms with van der Waals surface area (Å²) in [4.78, 5) is 17.0. The van der Waals surface area contributed by atoms with E-state index in [4.69, 9.17) is 21.1 Å². The van der Waals surface area contributed by atoms with Gasteiger partial charge >= 0.3 is 0 Å². The Morgan fingerprint density at radius 2 is 1.89 bits per heavy atom. The first-order valence-electron chi connectivity index (χ1n) is 9.20. The first-order chi connectivity index (χ1) is 13.5. The van der Waals surface area contributed by atoms with Crippen LogP contribution in [0, 0.1) is 5.82 Å². The molecule has 0 radical (unpaired) electrons. The number of halogens is 2. The monoisotopic (exact) mass is 406 g/mol. The van der Waals surface area contributed by atoms with Crippen molar-refractivity contribution >= 4 is 17.5 Å². The molecular weight excluding hydrogens is 383 g/mol. The van der Waals surface area contributed by atoms with Crippen molar-refractivity contribution < 1.29 is 18.7 Å². The number of nitrogens with zero attached hydrogens (tertiary/aromatic N) is 2. The van der Waals surface area contributed by atoms with Crippen LogP contribution in [-0.2, 0) is 6.54 Å². The number of carbonyl (C=O) groups excluding carboxylic acids is 1. The standard InChI is InChI=1S/C21H24ClFN2O3/c1-27-19-13-16(12-17(22)20(19)28-2)21(26)25-9-5-8-24(10-11-25)14-15-6-3-4-7-18(15)23/h3-4,6-7,12-13H,5,8-11,14H2,1-2H3. The summed E-state index contributed by atoms with van der Waals surface area (Å²) in [5.41, 5.74) is 1.14. The number of hydrogen-bond acceptors (Lipinski definition) is 4. The maximum atomic E-state index is 13.9. The van der Waals surface area contributed by atoms with Gasteiger partial charge in [0.15, 0.2) is 11.5 Å². The average Bonchev–Trinajstić information content (AvgIpc) is 2.94. The molecule has 1 amide bonds. The van der Waals surface area contributed by atoms with Gasteiger partial charge in [0.2, 0.25) is 0 Å². The first-order valence-corrected chi connectivity index (χ1v) is 9.58. The molecule has 1 saturated heterocycles. The highest BCUT2D eigenvalue weighted by molar-refractivity contribution is 6.32. The lowest BCUT2D eigenvalue weighted by atomic mass is 10.1. The SMILES string of the molecule is COc1cc(C(=O)N2CCCN(Cc3ccccc3F)CC2)cc(Cl)c1OC. The molecule has 1 aliphatic heterocycles. The number of hydrogen-bond donors (Lipinski definition) is 0. The maximum Gasteiger partial charge on any atom is 0.254 e. The zero-order valence-corrected chi connectivity index (χ0v) is 16.8. The molecule has 150 valence electrons. The summed E-state index contributed by atoms with van der Waals surface area (Å²) >= 11 is 6.24. The summed E-state index contributed by atoms with van der Waals surface area (Å²) in [6, 6.07) is 10.1. The van der Waals surface area contributed by atoms with Gasteiger partial charge in [-0.3, -0.25) is 9.69 Å². The van der Waals surface area contributed by atoms with Crippen LogP contribution in [0.4, 0.5) is 4.39 Å². The van der Waals surface area contributed by atoms with E-state index in [1.165, 1.54) is 20.3 Å². The predicted octanol–water partition coefficient (Wildman–Crippen LogP) is 3.84. The Labute approximate surface area is 169 Å². The second-order valence-corrected chi connectivity index (χ2v) is 7.11. The van der Waals surface area contributed by atoms with Crippen molar-refractivity contribution in [1.29, 1.82) is 0 Å². The van der Waals surface area contributed by atoms with Crippen LogP contribution in [0.5, 0.6) is 11.5 Å². The van der Waals surface area contributed by atoms with Gasteiger partial charge in [0.25, 0.3) is 5.91 Å². The second-order valence-electron chi connectivity index (χ2n) is 6.71. The number of rotatable bonds is 5. The summed E-state index contributed by atoms with van der Waals surface area (Å²) in [6.45, 7) is 3.24. The van der Waals surface area contributed by atoms with Crippen molar-refractivity contribution in [2.45, 2.75) is 13.0 Å². The van der Waals surface area contributed by atoms with E-state index in [9.17, 15) is 9.18 Å². The summed E-state index contributed by atoms with van der Waals surface area (Å²) < 4.78 is 24.4. The fraction of sp³-hybridized carbons (Fsp3) is 0.381. The van der Waals surface area contributed by atoms with Gasteiger partial charge in [0, 0.05) is 43.9 Å². The molecule has 0 bridgehead atoms. The first kappa shape index (κ1) is 20.4. The van der Waals surface area contributed by atoms with Gasteiger partial charge in [-0.25, -0.2) is 4.39 Å². The fourth-order valence-electron chi connectivity index (χ4n) is 3.42. The predicted molar refractivity (Wildman–Crippen MR) is 107 cm³/mol. The molecule has 0 saturated carbocycles. The Morgan fingerprint density at radius 1 is 1.11 bits per heavy atom. The zero-order valence-electron chi connectivity index (χ0n) is 16.1. The second kappa shape index (κ2) is 9.26. The van der Waals surface area contributed by atoms with E-state index in [1.54, 1.807) is 29.2 Å². The van der Waals surface area contributed by atoms with Crippen LogP contribution < -0.4 is 9.47 Å². The van der Waals surface area contributed by atoms with Crippen molar-refractivity contribution in [2.75, 3.05) is 40.4 Å². The number of methoxy groups -OCH3 is 2. The summed E-state index contributed by atoms with van der Waals surface area (Å²) in [6.07, 6.45) is 0.821. The lowest BCUT2D eigenvalue weighted by molar-refractivity contribution is 0.0760. The van der Waals surface area contributed by atoms with Crippen LogP contribution in [-0.4, -0.2) is 56.1 Å². The average molecular weight is 407 g/mol. The van der Waals surface area contributed by atoms with Crippen LogP contribution in [0.1, 0.15) is 22.3 Å². The van der Waals surface area contributed by atoms with Gasteiger partial charge in [0.05, 0.1) is 19.2 Å². The lowest BCUT2D eigenvalue weighted by Crippen LogP contribution is -2.35. The molecular formula is C21H24ClFN2O3. The van der Waals surface area contributed by atoms with E-state index in [0.717, 1.165) is 13.0 Å². The number of benzene rings is 2. The van der Waals surface area contributed by atoms with E-state index in [0.29, 0.717) is 53.8 Å². The number of amides is 1. The zero-order chi connectivity index (χ0) is 20.1. The minimum absolute atomic E-state index is 0.101. The normalized spacial score (nSPS) is 15.2. The molecule has 1 heterocycles. The third-order valence-electron chi connectivity index (χ3n) is 4.91. The molecule has 2 aromatic carbocycles. The van der Waals surface area contributed by atoms with Gasteiger partial charge in [0.1, 0.15) is 5.82 Å². The van der Waals surface area contributed by atoms with Gasteiger partial charge < -0.3 is 14.4 Å². The minimum atomic E-state index is -0.195. The van der Waals surface area contributed by atoms with Crippen LogP contribution in [0.25, 0.3) is 0 Å². The minimum Gasteiger partial charge on any atom is -0.493 e. The third-order valence-corrected chi connectivity index (χ3v) is 5.19. The molecule has 7 heteroatoms. The highest BCUT2D eigenvalue weighted by Crippen LogP contribution is 2.36. The Bertz CT molecular complexity index is 846.